The van der Waals surface area contributed by atoms with Gasteiger partial charge in [-0.3, -0.25) is 5.43 Å². The van der Waals surface area contributed by atoms with Crippen molar-refractivity contribution in [2.24, 2.45) is 10.8 Å². The Bertz CT molecular complexity index is 868. The zero-order chi connectivity index (χ0) is 16.2. The number of halogens is 1. The minimum Gasteiger partial charge on any atom is -0.375 e. The summed E-state index contributed by atoms with van der Waals surface area (Å²) in [6.07, 6.45) is 3.68. The second kappa shape index (κ2) is 6.58. The quantitative estimate of drug-likeness (QED) is 0.440. The molecule has 2 aromatic carbocycles. The van der Waals surface area contributed by atoms with Crippen LogP contribution in [0.3, 0.4) is 0 Å². The van der Waals surface area contributed by atoms with E-state index < -0.39 is 0 Å². The first kappa shape index (κ1) is 15.2. The molecule has 4 nitrogen and oxygen atoms in total. The van der Waals surface area contributed by atoms with Crippen LogP contribution in [0.5, 0.6) is 0 Å². The van der Waals surface area contributed by atoms with Crippen molar-refractivity contribution in [3.63, 3.8) is 0 Å². The molecule has 1 aromatic heterocycles. The molecular formula is C17H15FN4S. The first-order valence-electron chi connectivity index (χ1n) is 7.04. The van der Waals surface area contributed by atoms with Gasteiger partial charge in [0, 0.05) is 29.2 Å². The van der Waals surface area contributed by atoms with Crippen LogP contribution in [-0.4, -0.2) is 15.9 Å². The van der Waals surface area contributed by atoms with Gasteiger partial charge < -0.3 is 10.3 Å². The number of aromatic nitrogens is 1. The second-order valence-electron chi connectivity index (χ2n) is 5.09. The van der Waals surface area contributed by atoms with Crippen LogP contribution in [0, 0.1) is 5.82 Å². The number of nitrogens with zero attached hydrogens (tertiary/aromatic N) is 2. The molecule has 0 radical (unpaired) electrons. The lowest BCUT2D eigenvalue weighted by molar-refractivity contribution is 0.626. The number of rotatable bonds is 4. The molecule has 0 saturated heterocycles. The molecular weight excluding hydrogens is 311 g/mol. The first-order valence-corrected chi connectivity index (χ1v) is 7.45. The standard InChI is InChI=1S/C17H15FN4S/c18-14-7-5-12(6-8-14)10-22-11-13(9-20-21-17(19)23)15-3-1-2-4-16(15)22/h1-9,11H,10H2,(H3,19,21,23). The fourth-order valence-corrected chi connectivity index (χ4v) is 2.51. The van der Waals surface area contributed by atoms with Gasteiger partial charge in [-0.2, -0.15) is 5.10 Å². The Balaban J connectivity index is 1.95. The molecule has 3 aromatic rings. The Hall–Kier alpha value is -2.73. The molecule has 116 valence electrons. The minimum atomic E-state index is -0.234. The Morgan fingerprint density at radius 2 is 1.96 bits per heavy atom. The Morgan fingerprint density at radius 1 is 1.22 bits per heavy atom. The number of fused-ring (bicyclic) bond motifs is 1. The van der Waals surface area contributed by atoms with Crippen molar-refractivity contribution in [2.75, 3.05) is 0 Å². The van der Waals surface area contributed by atoms with E-state index in [1.165, 1.54) is 12.1 Å². The Morgan fingerprint density at radius 3 is 2.70 bits per heavy atom. The summed E-state index contributed by atoms with van der Waals surface area (Å²) in [7, 11) is 0. The minimum absolute atomic E-state index is 0.122. The van der Waals surface area contributed by atoms with E-state index in [0.29, 0.717) is 6.54 Å². The number of thiocarbonyl (C=S) groups is 1. The molecule has 0 fully saturated rings. The molecule has 3 rings (SSSR count). The second-order valence-corrected chi connectivity index (χ2v) is 5.53. The SMILES string of the molecule is NC(=S)NN=Cc1cn(Cc2ccc(F)cc2)c2ccccc12. The molecule has 0 amide bonds. The number of nitrogens with two attached hydrogens (primary N) is 1. The lowest BCUT2D eigenvalue weighted by Crippen LogP contribution is -2.23. The summed E-state index contributed by atoms with van der Waals surface area (Å²) in [5.74, 6) is -0.234. The monoisotopic (exact) mass is 326 g/mol. The van der Waals surface area contributed by atoms with Crippen molar-refractivity contribution in [1.82, 2.24) is 9.99 Å². The van der Waals surface area contributed by atoms with E-state index in [9.17, 15) is 4.39 Å². The number of nitrogens with one attached hydrogen (secondary N) is 1. The molecule has 0 aliphatic carbocycles. The highest BCUT2D eigenvalue weighted by Crippen LogP contribution is 2.21. The van der Waals surface area contributed by atoms with Gasteiger partial charge in [0.05, 0.1) is 6.21 Å². The number of hydrogen-bond donors (Lipinski definition) is 2. The summed E-state index contributed by atoms with van der Waals surface area (Å²) in [6, 6.07) is 14.5. The van der Waals surface area contributed by atoms with E-state index in [1.807, 2.05) is 30.5 Å². The van der Waals surface area contributed by atoms with Gasteiger partial charge >= 0.3 is 0 Å². The van der Waals surface area contributed by atoms with E-state index in [0.717, 1.165) is 22.0 Å². The molecule has 23 heavy (non-hydrogen) atoms. The van der Waals surface area contributed by atoms with Gasteiger partial charge in [-0.15, -0.1) is 0 Å². The molecule has 0 saturated carbocycles. The molecule has 3 N–H and O–H groups in total. The Labute approximate surface area is 138 Å². The van der Waals surface area contributed by atoms with E-state index in [-0.39, 0.29) is 10.9 Å². The molecule has 0 unspecified atom stereocenters. The van der Waals surface area contributed by atoms with Crippen molar-refractivity contribution in [2.45, 2.75) is 6.54 Å². The highest BCUT2D eigenvalue weighted by Gasteiger charge is 2.07. The number of para-hydroxylation sites is 1. The molecule has 1 heterocycles. The van der Waals surface area contributed by atoms with Crippen LogP contribution in [0.1, 0.15) is 11.1 Å². The Kier molecular flexibility index (Phi) is 4.34. The van der Waals surface area contributed by atoms with E-state index in [1.54, 1.807) is 18.3 Å². The third-order valence-corrected chi connectivity index (χ3v) is 3.56. The number of hydrazone groups is 1. The van der Waals surface area contributed by atoms with Gasteiger partial charge in [0.2, 0.25) is 0 Å². The largest absolute Gasteiger partial charge is 0.375 e. The van der Waals surface area contributed by atoms with Crippen molar-refractivity contribution in [1.29, 1.82) is 0 Å². The van der Waals surface area contributed by atoms with Crippen molar-refractivity contribution in [3.8, 4) is 0 Å². The van der Waals surface area contributed by atoms with Gasteiger partial charge in [-0.05, 0) is 36.0 Å². The van der Waals surface area contributed by atoms with Gasteiger partial charge in [0.15, 0.2) is 5.11 Å². The first-order chi connectivity index (χ1) is 11.1. The van der Waals surface area contributed by atoms with Gasteiger partial charge in [0.1, 0.15) is 5.82 Å². The maximum absolute atomic E-state index is 13.0. The predicted molar refractivity (Wildman–Crippen MR) is 95.0 cm³/mol. The third-order valence-electron chi connectivity index (χ3n) is 3.46. The van der Waals surface area contributed by atoms with Gasteiger partial charge in [-0.1, -0.05) is 30.3 Å². The molecule has 0 spiro atoms. The van der Waals surface area contributed by atoms with Gasteiger partial charge in [-0.25, -0.2) is 4.39 Å². The van der Waals surface area contributed by atoms with Crippen molar-refractivity contribution in [3.05, 3.63) is 71.7 Å². The fourth-order valence-electron chi connectivity index (χ4n) is 2.46. The highest BCUT2D eigenvalue weighted by molar-refractivity contribution is 7.80. The van der Waals surface area contributed by atoms with Crippen LogP contribution >= 0.6 is 12.2 Å². The van der Waals surface area contributed by atoms with Gasteiger partial charge in [0.25, 0.3) is 0 Å². The van der Waals surface area contributed by atoms with E-state index in [2.05, 4.69) is 15.1 Å². The van der Waals surface area contributed by atoms with Crippen LogP contribution in [0.25, 0.3) is 10.9 Å². The van der Waals surface area contributed by atoms with Crippen LogP contribution in [0.15, 0.2) is 59.8 Å². The van der Waals surface area contributed by atoms with Crippen LogP contribution < -0.4 is 11.2 Å². The third kappa shape index (κ3) is 3.54. The van der Waals surface area contributed by atoms with E-state index >= 15 is 0 Å². The molecule has 6 heteroatoms. The van der Waals surface area contributed by atoms with Crippen LogP contribution in [-0.2, 0) is 6.54 Å². The summed E-state index contributed by atoms with van der Waals surface area (Å²) >= 11 is 4.73. The average molecular weight is 326 g/mol. The van der Waals surface area contributed by atoms with Crippen LogP contribution in [0.4, 0.5) is 4.39 Å². The lowest BCUT2D eigenvalue weighted by atomic mass is 10.2. The highest BCUT2D eigenvalue weighted by atomic mass is 32.1. The summed E-state index contributed by atoms with van der Waals surface area (Å²) in [4.78, 5) is 0. The molecule has 0 bridgehead atoms. The van der Waals surface area contributed by atoms with Crippen LogP contribution in [0.2, 0.25) is 0 Å². The maximum Gasteiger partial charge on any atom is 0.184 e. The average Bonchev–Trinajstić information content (AvgIpc) is 2.88. The fraction of sp³-hybridized carbons (Fsp3) is 0.0588. The molecule has 0 aliphatic rings. The zero-order valence-electron chi connectivity index (χ0n) is 12.2. The zero-order valence-corrected chi connectivity index (χ0v) is 13.1. The smallest absolute Gasteiger partial charge is 0.184 e. The number of hydrogen-bond acceptors (Lipinski definition) is 2. The van der Waals surface area contributed by atoms with E-state index in [4.69, 9.17) is 18.0 Å². The topological polar surface area (TPSA) is 55.3 Å². The normalized spacial score (nSPS) is 11.2. The maximum atomic E-state index is 13.0. The lowest BCUT2D eigenvalue weighted by Gasteiger charge is -2.05. The summed E-state index contributed by atoms with van der Waals surface area (Å²) in [5, 5.41) is 5.21. The summed E-state index contributed by atoms with van der Waals surface area (Å²) in [6.45, 7) is 0.650. The summed E-state index contributed by atoms with van der Waals surface area (Å²) < 4.78 is 15.1. The molecule has 0 atom stereocenters. The predicted octanol–water partition coefficient (Wildman–Crippen LogP) is 3.00. The summed E-state index contributed by atoms with van der Waals surface area (Å²) in [5.41, 5.74) is 11.0. The van der Waals surface area contributed by atoms with Crippen molar-refractivity contribution < 1.29 is 4.39 Å². The van der Waals surface area contributed by atoms with Crippen molar-refractivity contribution >= 4 is 34.4 Å². The molecule has 0 aliphatic heterocycles. The number of benzene rings is 2.